The van der Waals surface area contributed by atoms with Crippen LogP contribution in [-0.2, 0) is 4.74 Å². The molecule has 1 aromatic rings. The van der Waals surface area contributed by atoms with E-state index in [0.717, 1.165) is 31.4 Å². The maximum atomic E-state index is 11.9. The van der Waals surface area contributed by atoms with Crippen molar-refractivity contribution < 1.29 is 9.53 Å². The Morgan fingerprint density at radius 3 is 2.37 bits per heavy atom. The van der Waals surface area contributed by atoms with E-state index in [4.69, 9.17) is 10.5 Å². The van der Waals surface area contributed by atoms with Crippen molar-refractivity contribution in [2.75, 3.05) is 25.6 Å². The quantitative estimate of drug-likeness (QED) is 0.845. The largest absolute Gasteiger partial charge is 0.460 e. The molecule has 0 atom stereocenters. The van der Waals surface area contributed by atoms with Crippen molar-refractivity contribution in [2.45, 2.75) is 31.2 Å². The summed E-state index contributed by atoms with van der Waals surface area (Å²) in [5, 5.41) is 0. The first-order chi connectivity index (χ1) is 9.00. The van der Waals surface area contributed by atoms with Gasteiger partial charge in [0.1, 0.15) is 6.61 Å². The van der Waals surface area contributed by atoms with E-state index in [2.05, 4.69) is 0 Å². The Balaban J connectivity index is 1.92. The van der Waals surface area contributed by atoms with Gasteiger partial charge in [-0.2, -0.15) is 0 Å². The van der Waals surface area contributed by atoms with Crippen LogP contribution in [0.15, 0.2) is 24.3 Å². The molecule has 1 fully saturated rings. The molecule has 0 radical (unpaired) electrons. The van der Waals surface area contributed by atoms with Gasteiger partial charge in [-0.3, -0.25) is 0 Å². The van der Waals surface area contributed by atoms with Crippen LogP contribution in [-0.4, -0.2) is 32.2 Å². The van der Waals surface area contributed by atoms with Crippen LogP contribution in [0.1, 0.15) is 36.0 Å². The molecule has 104 valence electrons. The maximum Gasteiger partial charge on any atom is 0.338 e. The number of hydrogen-bond acceptors (Lipinski definition) is 4. The number of carbonyl (C=O) groups is 1. The monoisotopic (exact) mass is 262 g/mol. The highest BCUT2D eigenvalue weighted by atomic mass is 16.5. The topological polar surface area (TPSA) is 55.6 Å². The van der Waals surface area contributed by atoms with Crippen molar-refractivity contribution in [3.8, 4) is 0 Å². The molecule has 0 amide bonds. The van der Waals surface area contributed by atoms with Gasteiger partial charge in [-0.15, -0.1) is 0 Å². The smallest absolute Gasteiger partial charge is 0.338 e. The van der Waals surface area contributed by atoms with Gasteiger partial charge >= 0.3 is 5.97 Å². The molecule has 0 aromatic heterocycles. The summed E-state index contributed by atoms with van der Waals surface area (Å²) < 4.78 is 5.34. The molecule has 2 N–H and O–H groups in total. The summed E-state index contributed by atoms with van der Waals surface area (Å²) in [4.78, 5) is 13.9. The maximum absolute atomic E-state index is 11.9. The van der Waals surface area contributed by atoms with Crippen LogP contribution in [0, 0.1) is 0 Å². The molecule has 4 nitrogen and oxygen atoms in total. The van der Waals surface area contributed by atoms with Crippen molar-refractivity contribution in [2.24, 2.45) is 5.73 Å². The summed E-state index contributed by atoms with van der Waals surface area (Å²) >= 11 is 0. The lowest BCUT2D eigenvalue weighted by molar-refractivity contribution is 0.0410. The van der Waals surface area contributed by atoms with E-state index in [-0.39, 0.29) is 11.5 Å². The van der Waals surface area contributed by atoms with E-state index in [1.807, 2.05) is 31.1 Å². The second-order valence-electron chi connectivity index (χ2n) is 5.59. The molecule has 2 rings (SSSR count). The predicted octanol–water partition coefficient (Wildman–Crippen LogP) is 2.18. The van der Waals surface area contributed by atoms with Gasteiger partial charge in [-0.05, 0) is 37.1 Å². The van der Waals surface area contributed by atoms with E-state index >= 15 is 0 Å². The van der Waals surface area contributed by atoms with Crippen molar-refractivity contribution in [3.63, 3.8) is 0 Å². The van der Waals surface area contributed by atoms with Crippen LogP contribution in [0.2, 0.25) is 0 Å². The Morgan fingerprint density at radius 2 is 1.84 bits per heavy atom. The molecule has 1 saturated carbocycles. The Kier molecular flexibility index (Phi) is 4.10. The molecule has 19 heavy (non-hydrogen) atoms. The fourth-order valence-electron chi connectivity index (χ4n) is 2.41. The number of esters is 1. The van der Waals surface area contributed by atoms with Crippen molar-refractivity contribution >= 4 is 11.7 Å². The van der Waals surface area contributed by atoms with Crippen molar-refractivity contribution in [3.05, 3.63) is 29.8 Å². The van der Waals surface area contributed by atoms with Gasteiger partial charge < -0.3 is 15.4 Å². The van der Waals surface area contributed by atoms with E-state index in [1.54, 1.807) is 12.1 Å². The molecule has 1 aliphatic carbocycles. The predicted molar refractivity (Wildman–Crippen MR) is 76.4 cm³/mol. The third-order valence-electron chi connectivity index (χ3n) is 3.71. The molecule has 0 heterocycles. The zero-order valence-corrected chi connectivity index (χ0v) is 11.7. The summed E-state index contributed by atoms with van der Waals surface area (Å²) in [6, 6.07) is 7.39. The standard InChI is InChI=1S/C15H22N2O2/c1-17(2)13-7-5-12(6-8-13)14(18)19-11-15(16)9-3-4-10-15/h5-8H,3-4,9-11,16H2,1-2H3. The fourth-order valence-corrected chi connectivity index (χ4v) is 2.41. The molecule has 1 aromatic carbocycles. The second kappa shape index (κ2) is 5.61. The van der Waals surface area contributed by atoms with E-state index in [0.29, 0.717) is 12.2 Å². The molecule has 0 bridgehead atoms. The van der Waals surface area contributed by atoms with Gasteiger partial charge in [0, 0.05) is 19.8 Å². The van der Waals surface area contributed by atoms with E-state index in [9.17, 15) is 4.79 Å². The minimum atomic E-state index is -0.306. The third-order valence-corrected chi connectivity index (χ3v) is 3.71. The Hall–Kier alpha value is -1.55. The third kappa shape index (κ3) is 3.47. The first kappa shape index (κ1) is 13.9. The molecular weight excluding hydrogens is 240 g/mol. The van der Waals surface area contributed by atoms with Gasteiger partial charge in [-0.25, -0.2) is 4.79 Å². The van der Waals surface area contributed by atoms with Gasteiger partial charge in [0.05, 0.1) is 11.1 Å². The summed E-state index contributed by atoms with van der Waals surface area (Å²) in [5.41, 5.74) is 7.49. The number of ether oxygens (including phenoxy) is 1. The number of nitrogens with two attached hydrogens (primary N) is 1. The minimum Gasteiger partial charge on any atom is -0.460 e. The molecule has 1 aliphatic rings. The molecular formula is C15H22N2O2. The molecule has 0 saturated heterocycles. The number of rotatable bonds is 4. The van der Waals surface area contributed by atoms with Crippen LogP contribution < -0.4 is 10.6 Å². The Labute approximate surface area is 114 Å². The first-order valence-electron chi connectivity index (χ1n) is 6.74. The summed E-state index contributed by atoms with van der Waals surface area (Å²) in [6.07, 6.45) is 4.15. The number of benzene rings is 1. The second-order valence-corrected chi connectivity index (χ2v) is 5.59. The summed E-state index contributed by atoms with van der Waals surface area (Å²) in [7, 11) is 3.93. The zero-order chi connectivity index (χ0) is 13.9. The van der Waals surface area contributed by atoms with Gasteiger partial charge in [0.15, 0.2) is 0 Å². The highest BCUT2D eigenvalue weighted by Crippen LogP contribution is 2.27. The number of nitrogens with zero attached hydrogens (tertiary/aromatic N) is 1. The van der Waals surface area contributed by atoms with E-state index in [1.165, 1.54) is 0 Å². The van der Waals surface area contributed by atoms with Crippen molar-refractivity contribution in [1.82, 2.24) is 0 Å². The highest BCUT2D eigenvalue weighted by molar-refractivity contribution is 5.89. The van der Waals surface area contributed by atoms with Gasteiger partial charge in [0.25, 0.3) is 0 Å². The number of carbonyl (C=O) groups excluding carboxylic acids is 1. The van der Waals surface area contributed by atoms with Crippen LogP contribution in [0.4, 0.5) is 5.69 Å². The van der Waals surface area contributed by atoms with Gasteiger partial charge in [-0.1, -0.05) is 12.8 Å². The van der Waals surface area contributed by atoms with Crippen LogP contribution in [0.25, 0.3) is 0 Å². The van der Waals surface area contributed by atoms with Crippen LogP contribution in [0.5, 0.6) is 0 Å². The van der Waals surface area contributed by atoms with Gasteiger partial charge in [0.2, 0.25) is 0 Å². The van der Waals surface area contributed by atoms with Crippen LogP contribution >= 0.6 is 0 Å². The lowest BCUT2D eigenvalue weighted by Gasteiger charge is -2.22. The average molecular weight is 262 g/mol. The SMILES string of the molecule is CN(C)c1ccc(C(=O)OCC2(N)CCCC2)cc1. The normalized spacial score (nSPS) is 17.2. The lowest BCUT2D eigenvalue weighted by atomic mass is 10.0. The Bertz CT molecular complexity index is 434. The minimum absolute atomic E-state index is 0.290. The summed E-state index contributed by atoms with van der Waals surface area (Å²) in [6.45, 7) is 0.321. The lowest BCUT2D eigenvalue weighted by Crippen LogP contribution is -2.42. The molecule has 4 heteroatoms. The molecule has 0 aliphatic heterocycles. The van der Waals surface area contributed by atoms with E-state index < -0.39 is 0 Å². The number of anilines is 1. The molecule has 0 spiro atoms. The number of hydrogen-bond donors (Lipinski definition) is 1. The van der Waals surface area contributed by atoms with Crippen molar-refractivity contribution in [1.29, 1.82) is 0 Å². The zero-order valence-electron chi connectivity index (χ0n) is 11.7. The first-order valence-corrected chi connectivity index (χ1v) is 6.74. The highest BCUT2D eigenvalue weighted by Gasteiger charge is 2.30. The average Bonchev–Trinajstić information content (AvgIpc) is 2.83. The fraction of sp³-hybridized carbons (Fsp3) is 0.533. The van der Waals surface area contributed by atoms with Crippen LogP contribution in [0.3, 0.4) is 0 Å². The Morgan fingerprint density at radius 1 is 1.26 bits per heavy atom. The molecule has 0 unspecified atom stereocenters. The summed E-state index contributed by atoms with van der Waals surface area (Å²) in [5.74, 6) is -0.290.